The van der Waals surface area contributed by atoms with Gasteiger partial charge in [0.15, 0.2) is 5.78 Å². The zero-order chi connectivity index (χ0) is 18.2. The van der Waals surface area contributed by atoms with E-state index in [9.17, 15) is 18.0 Å². The van der Waals surface area contributed by atoms with Crippen LogP contribution < -0.4 is 0 Å². The van der Waals surface area contributed by atoms with E-state index in [0.717, 1.165) is 17.7 Å². The maximum absolute atomic E-state index is 12.9. The minimum Gasteiger partial charge on any atom is -0.305 e. The topological polar surface area (TPSA) is 20.3 Å². The molecule has 0 saturated carbocycles. The number of carbonyl (C=O) groups excluding carboxylic acids is 1. The second-order valence-corrected chi connectivity index (χ2v) is 6.86. The fourth-order valence-electron chi connectivity index (χ4n) is 3.38. The Labute approximate surface area is 149 Å². The van der Waals surface area contributed by atoms with Crippen LogP contribution in [-0.4, -0.2) is 30.8 Å². The molecule has 132 valence electrons. The molecule has 1 aliphatic rings. The molecule has 1 aliphatic heterocycles. The van der Waals surface area contributed by atoms with E-state index in [-0.39, 0.29) is 23.2 Å². The first kappa shape index (κ1) is 18.0. The molecule has 0 unspecified atom stereocenters. The number of hydrogen-bond donors (Lipinski definition) is 0. The van der Waals surface area contributed by atoms with Crippen molar-refractivity contribution in [3.05, 3.63) is 70.2 Å². The fraction of sp³-hybridized carbons (Fsp3) is 0.316. The van der Waals surface area contributed by atoms with Gasteiger partial charge in [-0.25, -0.2) is 0 Å². The Hall–Kier alpha value is -1.85. The maximum atomic E-state index is 12.9. The highest BCUT2D eigenvalue weighted by Gasteiger charge is 2.38. The van der Waals surface area contributed by atoms with Gasteiger partial charge in [0.2, 0.25) is 0 Å². The van der Waals surface area contributed by atoms with Crippen molar-refractivity contribution in [2.24, 2.45) is 5.92 Å². The molecule has 2 atom stereocenters. The van der Waals surface area contributed by atoms with Gasteiger partial charge in [-0.3, -0.25) is 4.79 Å². The predicted molar refractivity (Wildman–Crippen MR) is 91.0 cm³/mol. The van der Waals surface area contributed by atoms with E-state index in [2.05, 4.69) is 0 Å². The molecule has 6 heteroatoms. The van der Waals surface area contributed by atoms with Crippen molar-refractivity contribution in [1.29, 1.82) is 0 Å². The maximum Gasteiger partial charge on any atom is 0.416 e. The molecule has 0 aliphatic carbocycles. The van der Waals surface area contributed by atoms with E-state index >= 15 is 0 Å². The van der Waals surface area contributed by atoms with Crippen LogP contribution in [0.1, 0.15) is 27.4 Å². The first-order chi connectivity index (χ1) is 11.8. The smallest absolute Gasteiger partial charge is 0.305 e. The lowest BCUT2D eigenvalue weighted by Crippen LogP contribution is -2.23. The summed E-state index contributed by atoms with van der Waals surface area (Å²) in [5, 5.41) is 0.607. The van der Waals surface area contributed by atoms with Gasteiger partial charge in [0.05, 0.1) is 5.56 Å². The van der Waals surface area contributed by atoms with E-state index in [1.54, 1.807) is 12.1 Å². The lowest BCUT2D eigenvalue weighted by Gasteiger charge is -2.18. The molecule has 3 rings (SSSR count). The third-order valence-electron chi connectivity index (χ3n) is 4.61. The van der Waals surface area contributed by atoms with Crippen LogP contribution in [0.2, 0.25) is 5.02 Å². The number of benzene rings is 2. The molecular weight excluding hydrogens is 351 g/mol. The summed E-state index contributed by atoms with van der Waals surface area (Å²) in [6, 6.07) is 11.9. The number of carbonyl (C=O) groups is 1. The number of ketones is 1. The molecule has 0 aromatic heterocycles. The molecule has 2 aromatic rings. The van der Waals surface area contributed by atoms with E-state index in [0.29, 0.717) is 18.1 Å². The van der Waals surface area contributed by atoms with Crippen LogP contribution in [0.4, 0.5) is 13.2 Å². The molecule has 1 fully saturated rings. The number of nitrogens with zero attached hydrogens (tertiary/aromatic N) is 1. The van der Waals surface area contributed by atoms with Crippen molar-refractivity contribution in [1.82, 2.24) is 4.90 Å². The highest BCUT2D eigenvalue weighted by Crippen LogP contribution is 2.36. The van der Waals surface area contributed by atoms with Crippen molar-refractivity contribution in [3.8, 4) is 0 Å². The van der Waals surface area contributed by atoms with Gasteiger partial charge in [-0.05, 0) is 36.9 Å². The number of rotatable bonds is 3. The minimum atomic E-state index is -4.46. The van der Waals surface area contributed by atoms with E-state index in [1.807, 2.05) is 24.1 Å². The summed E-state index contributed by atoms with van der Waals surface area (Å²) in [7, 11) is 1.91. The quantitative estimate of drug-likeness (QED) is 0.720. The predicted octanol–water partition coefficient (Wildman–Crippen LogP) is 4.89. The molecule has 0 spiro atoms. The molecule has 0 radical (unpaired) electrons. The van der Waals surface area contributed by atoms with Gasteiger partial charge in [0, 0.05) is 35.5 Å². The van der Waals surface area contributed by atoms with E-state index in [1.165, 1.54) is 12.1 Å². The number of alkyl halides is 3. The molecule has 0 amide bonds. The number of halogens is 4. The second-order valence-electron chi connectivity index (χ2n) is 6.43. The van der Waals surface area contributed by atoms with Crippen LogP contribution in [0.5, 0.6) is 0 Å². The highest BCUT2D eigenvalue weighted by atomic mass is 35.5. The van der Waals surface area contributed by atoms with Crippen LogP contribution in [0, 0.1) is 5.92 Å². The van der Waals surface area contributed by atoms with Gasteiger partial charge < -0.3 is 4.90 Å². The van der Waals surface area contributed by atoms with Gasteiger partial charge >= 0.3 is 6.18 Å². The summed E-state index contributed by atoms with van der Waals surface area (Å²) in [5.74, 6) is -0.700. The number of hydrogen-bond acceptors (Lipinski definition) is 2. The van der Waals surface area contributed by atoms with Gasteiger partial charge in [-0.15, -0.1) is 0 Å². The first-order valence-electron chi connectivity index (χ1n) is 7.91. The third kappa shape index (κ3) is 3.88. The van der Waals surface area contributed by atoms with Crippen molar-refractivity contribution in [2.75, 3.05) is 20.1 Å². The summed E-state index contributed by atoms with van der Waals surface area (Å²) in [4.78, 5) is 14.9. The van der Waals surface area contributed by atoms with Crippen LogP contribution in [0.15, 0.2) is 48.5 Å². The van der Waals surface area contributed by atoms with Gasteiger partial charge in [0.1, 0.15) is 0 Å². The number of Topliss-reactive ketones (excluding diaryl/α,β-unsaturated/α-hetero) is 1. The zero-order valence-corrected chi connectivity index (χ0v) is 14.3. The Bertz CT molecular complexity index is 773. The SMILES string of the molecule is CN1C[C@H](C(=O)c2cccc(C(F)(F)F)c2)[C@H](c2ccc(Cl)cc2)C1. The summed E-state index contributed by atoms with van der Waals surface area (Å²) >= 11 is 5.92. The molecule has 0 bridgehead atoms. The lowest BCUT2D eigenvalue weighted by atomic mass is 9.83. The Morgan fingerprint density at radius 1 is 1.12 bits per heavy atom. The zero-order valence-electron chi connectivity index (χ0n) is 13.6. The third-order valence-corrected chi connectivity index (χ3v) is 4.86. The van der Waals surface area contributed by atoms with Gasteiger partial charge in [0.25, 0.3) is 0 Å². The Morgan fingerprint density at radius 3 is 2.44 bits per heavy atom. The normalized spacial score (nSPS) is 21.5. The van der Waals surface area contributed by atoms with Crippen LogP contribution in [0.3, 0.4) is 0 Å². The molecule has 1 saturated heterocycles. The largest absolute Gasteiger partial charge is 0.416 e. The van der Waals surface area contributed by atoms with E-state index in [4.69, 9.17) is 11.6 Å². The summed E-state index contributed by atoms with van der Waals surface area (Å²) in [6.45, 7) is 1.19. The van der Waals surface area contributed by atoms with Crippen molar-refractivity contribution in [2.45, 2.75) is 12.1 Å². The molecule has 2 nitrogen and oxygen atoms in total. The molecule has 0 N–H and O–H groups in total. The summed E-state index contributed by atoms with van der Waals surface area (Å²) in [5.41, 5.74) is 0.279. The highest BCUT2D eigenvalue weighted by molar-refractivity contribution is 6.30. The minimum absolute atomic E-state index is 0.0655. The standard InChI is InChI=1S/C19H17ClF3NO/c1-24-10-16(12-5-7-15(20)8-6-12)17(11-24)18(25)13-3-2-4-14(9-13)19(21,22)23/h2-9,16-17H,10-11H2,1H3/t16-,17-/m0/s1. The monoisotopic (exact) mass is 367 g/mol. The Balaban J connectivity index is 1.91. The lowest BCUT2D eigenvalue weighted by molar-refractivity contribution is -0.137. The summed E-state index contributed by atoms with van der Waals surface area (Å²) < 4.78 is 38.8. The van der Waals surface area contributed by atoms with Crippen molar-refractivity contribution < 1.29 is 18.0 Å². The number of likely N-dealkylation sites (tertiary alicyclic amines) is 1. The van der Waals surface area contributed by atoms with Crippen LogP contribution >= 0.6 is 11.6 Å². The second kappa shape index (κ2) is 6.81. The molecule has 2 aromatic carbocycles. The molecule has 1 heterocycles. The van der Waals surface area contributed by atoms with Gasteiger partial charge in [-0.2, -0.15) is 13.2 Å². The van der Waals surface area contributed by atoms with Crippen LogP contribution in [-0.2, 0) is 6.18 Å². The number of likely N-dealkylation sites (N-methyl/N-ethyl adjacent to an activating group) is 1. The van der Waals surface area contributed by atoms with Crippen molar-refractivity contribution in [3.63, 3.8) is 0 Å². The average molecular weight is 368 g/mol. The van der Waals surface area contributed by atoms with Crippen LogP contribution in [0.25, 0.3) is 0 Å². The average Bonchev–Trinajstić information content (AvgIpc) is 2.96. The Kier molecular flexibility index (Phi) is 4.89. The summed E-state index contributed by atoms with van der Waals surface area (Å²) in [6.07, 6.45) is -4.46. The Morgan fingerprint density at radius 2 is 1.80 bits per heavy atom. The van der Waals surface area contributed by atoms with Gasteiger partial charge in [-0.1, -0.05) is 35.9 Å². The van der Waals surface area contributed by atoms with E-state index < -0.39 is 11.7 Å². The fourth-order valence-corrected chi connectivity index (χ4v) is 3.50. The molecular formula is C19H17ClF3NO. The van der Waals surface area contributed by atoms with Crippen molar-refractivity contribution >= 4 is 17.4 Å². The first-order valence-corrected chi connectivity index (χ1v) is 8.29. The molecule has 25 heavy (non-hydrogen) atoms.